The molecule has 3 aromatic carbocycles. The topological polar surface area (TPSA) is 88.9 Å². The summed E-state index contributed by atoms with van der Waals surface area (Å²) in [6.07, 6.45) is -4.59. The maximum absolute atomic E-state index is 13.5. The number of carbonyl (C=O) groups excluding carboxylic acids is 2. The van der Waals surface area contributed by atoms with Gasteiger partial charge in [-0.1, -0.05) is 47.6 Å². The summed E-state index contributed by atoms with van der Waals surface area (Å²) in [6.45, 7) is -0.0517. The van der Waals surface area contributed by atoms with E-state index in [2.05, 4.69) is 20.8 Å². The van der Waals surface area contributed by atoms with Crippen LogP contribution in [0.4, 0.5) is 23.2 Å². The minimum atomic E-state index is -4.59. The van der Waals surface area contributed by atoms with Crippen molar-refractivity contribution < 1.29 is 27.2 Å². The predicted molar refractivity (Wildman–Crippen MR) is 135 cm³/mol. The van der Waals surface area contributed by atoms with E-state index in [0.717, 1.165) is 36.0 Å². The van der Waals surface area contributed by atoms with E-state index in [4.69, 9.17) is 11.6 Å². The molecular weight excluding hydrogens is 546 g/mol. The molecule has 0 atom stereocenters. The molecule has 0 unspecified atom stereocenters. The van der Waals surface area contributed by atoms with Crippen LogP contribution in [0.5, 0.6) is 0 Å². The molecular formula is C25H18ClF4N5O2S. The molecule has 0 saturated carbocycles. The highest BCUT2D eigenvalue weighted by Crippen LogP contribution is 2.34. The van der Waals surface area contributed by atoms with Crippen LogP contribution in [0.2, 0.25) is 5.02 Å². The largest absolute Gasteiger partial charge is 0.416 e. The van der Waals surface area contributed by atoms with E-state index in [0.29, 0.717) is 16.7 Å². The van der Waals surface area contributed by atoms with Crippen LogP contribution < -0.4 is 10.6 Å². The molecule has 0 saturated heterocycles. The van der Waals surface area contributed by atoms with Gasteiger partial charge in [0.2, 0.25) is 5.91 Å². The third-order valence-electron chi connectivity index (χ3n) is 5.11. The summed E-state index contributed by atoms with van der Waals surface area (Å²) in [5.41, 5.74) is -0.331. The van der Waals surface area contributed by atoms with Crippen molar-refractivity contribution in [1.29, 1.82) is 0 Å². The summed E-state index contributed by atoms with van der Waals surface area (Å²) in [7, 11) is 0. The third kappa shape index (κ3) is 6.69. The monoisotopic (exact) mass is 563 g/mol. The summed E-state index contributed by atoms with van der Waals surface area (Å²) < 4.78 is 54.1. The highest BCUT2D eigenvalue weighted by atomic mass is 35.5. The number of aromatic nitrogens is 3. The van der Waals surface area contributed by atoms with Crippen molar-refractivity contribution in [2.45, 2.75) is 17.9 Å². The lowest BCUT2D eigenvalue weighted by atomic mass is 10.2. The number of alkyl halides is 3. The second-order valence-corrected chi connectivity index (χ2v) is 9.14. The van der Waals surface area contributed by atoms with Gasteiger partial charge in [-0.25, -0.2) is 4.39 Å². The van der Waals surface area contributed by atoms with E-state index in [1.807, 2.05) is 0 Å². The van der Waals surface area contributed by atoms with E-state index in [1.165, 1.54) is 18.2 Å². The molecule has 7 nitrogen and oxygen atoms in total. The molecule has 1 aromatic heterocycles. The Morgan fingerprint density at radius 3 is 2.45 bits per heavy atom. The van der Waals surface area contributed by atoms with E-state index >= 15 is 0 Å². The fourth-order valence-corrected chi connectivity index (χ4v) is 4.29. The Hall–Kier alpha value is -3.90. The van der Waals surface area contributed by atoms with Gasteiger partial charge >= 0.3 is 6.18 Å². The molecule has 0 aliphatic heterocycles. The van der Waals surface area contributed by atoms with Crippen LogP contribution in [0.15, 0.2) is 78.0 Å². The molecule has 0 fully saturated rings. The van der Waals surface area contributed by atoms with Gasteiger partial charge < -0.3 is 10.6 Å². The second-order valence-electron chi connectivity index (χ2n) is 7.79. The first kappa shape index (κ1) is 27.1. The van der Waals surface area contributed by atoms with Gasteiger partial charge in [-0.15, -0.1) is 10.2 Å². The maximum atomic E-state index is 13.5. The molecule has 2 N–H and O–H groups in total. The molecule has 4 aromatic rings. The lowest BCUT2D eigenvalue weighted by Gasteiger charge is -2.12. The first-order chi connectivity index (χ1) is 18.1. The van der Waals surface area contributed by atoms with Gasteiger partial charge in [-0.3, -0.25) is 14.2 Å². The van der Waals surface area contributed by atoms with Crippen molar-refractivity contribution in [3.05, 3.63) is 101 Å². The van der Waals surface area contributed by atoms with Crippen LogP contribution in [0.3, 0.4) is 0 Å². The number of amides is 2. The highest BCUT2D eigenvalue weighted by Gasteiger charge is 2.31. The van der Waals surface area contributed by atoms with Crippen molar-refractivity contribution in [3.8, 4) is 5.69 Å². The van der Waals surface area contributed by atoms with Crippen molar-refractivity contribution >= 4 is 40.9 Å². The quantitative estimate of drug-likeness (QED) is 0.211. The molecule has 196 valence electrons. The first-order valence-corrected chi connectivity index (χ1v) is 12.3. The van der Waals surface area contributed by atoms with Gasteiger partial charge in [-0.05, 0) is 48.5 Å². The maximum Gasteiger partial charge on any atom is 0.416 e. The molecule has 13 heteroatoms. The molecule has 2 amide bonds. The number of anilines is 1. The Morgan fingerprint density at radius 1 is 0.974 bits per heavy atom. The van der Waals surface area contributed by atoms with Gasteiger partial charge in [0, 0.05) is 11.3 Å². The van der Waals surface area contributed by atoms with E-state index < -0.39 is 29.4 Å². The number of benzene rings is 3. The molecule has 1 heterocycles. The first-order valence-electron chi connectivity index (χ1n) is 10.9. The Kier molecular flexibility index (Phi) is 8.32. The van der Waals surface area contributed by atoms with Crippen molar-refractivity contribution in [2.24, 2.45) is 0 Å². The van der Waals surface area contributed by atoms with Crippen LogP contribution in [-0.4, -0.2) is 32.3 Å². The number of hydrogen-bond donors (Lipinski definition) is 2. The lowest BCUT2D eigenvalue weighted by Crippen LogP contribution is -2.24. The second kappa shape index (κ2) is 11.7. The van der Waals surface area contributed by atoms with E-state index in [9.17, 15) is 27.2 Å². The van der Waals surface area contributed by atoms with Crippen molar-refractivity contribution in [3.63, 3.8) is 0 Å². The van der Waals surface area contributed by atoms with Gasteiger partial charge in [0.1, 0.15) is 5.82 Å². The standard InChI is InChI=1S/C25H18ClF4N5O2S/c26-19-10-9-16(25(28,29)30)12-20(19)32-22(36)14-38-24-34-33-21(35(24)18-7-2-1-3-8-18)13-31-23(37)15-5-4-6-17(27)11-15/h1-12H,13-14H2,(H,31,37)(H,32,36). The number of nitrogens with zero attached hydrogens (tertiary/aromatic N) is 3. The van der Waals surface area contributed by atoms with Gasteiger partial charge in [0.05, 0.1) is 28.6 Å². The minimum Gasteiger partial charge on any atom is -0.345 e. The Labute approximate surface area is 223 Å². The van der Waals surface area contributed by atoms with Crippen LogP contribution in [0.1, 0.15) is 21.7 Å². The number of halogens is 5. The summed E-state index contributed by atoms with van der Waals surface area (Å²) in [5.74, 6) is -1.55. The Morgan fingerprint density at radius 2 is 1.74 bits per heavy atom. The third-order valence-corrected chi connectivity index (χ3v) is 6.37. The zero-order valence-corrected chi connectivity index (χ0v) is 20.9. The average molecular weight is 564 g/mol. The molecule has 38 heavy (non-hydrogen) atoms. The Balaban J connectivity index is 1.49. The number of thioether (sulfide) groups is 1. The predicted octanol–water partition coefficient (Wildman–Crippen LogP) is 5.74. The highest BCUT2D eigenvalue weighted by molar-refractivity contribution is 7.99. The molecule has 0 spiro atoms. The van der Waals surface area contributed by atoms with Crippen LogP contribution >= 0.6 is 23.4 Å². The van der Waals surface area contributed by atoms with Crippen LogP contribution in [-0.2, 0) is 17.5 Å². The summed E-state index contributed by atoms with van der Waals surface area (Å²) in [4.78, 5) is 25.0. The number of rotatable bonds is 8. The molecule has 0 aliphatic rings. The number of para-hydroxylation sites is 1. The molecule has 4 rings (SSSR count). The summed E-state index contributed by atoms with van der Waals surface area (Å²) >= 11 is 6.95. The van der Waals surface area contributed by atoms with Crippen molar-refractivity contribution in [2.75, 3.05) is 11.1 Å². The normalized spacial score (nSPS) is 11.3. The summed E-state index contributed by atoms with van der Waals surface area (Å²) in [6, 6.07) is 16.8. The smallest absolute Gasteiger partial charge is 0.345 e. The zero-order chi connectivity index (χ0) is 27.3. The number of hydrogen-bond acceptors (Lipinski definition) is 5. The number of nitrogens with one attached hydrogen (secondary N) is 2. The van der Waals surface area contributed by atoms with Crippen molar-refractivity contribution in [1.82, 2.24) is 20.1 Å². The average Bonchev–Trinajstić information content (AvgIpc) is 3.30. The Bertz CT molecular complexity index is 1460. The van der Waals surface area contributed by atoms with Gasteiger partial charge in [-0.2, -0.15) is 13.2 Å². The zero-order valence-electron chi connectivity index (χ0n) is 19.3. The summed E-state index contributed by atoms with van der Waals surface area (Å²) in [5, 5.41) is 13.5. The molecule has 0 aliphatic carbocycles. The SMILES string of the molecule is O=C(CSc1nnc(CNC(=O)c2cccc(F)c2)n1-c1ccccc1)Nc1cc(C(F)(F)F)ccc1Cl. The fraction of sp³-hybridized carbons (Fsp3) is 0.120. The van der Waals surface area contributed by atoms with Gasteiger partial charge in [0.15, 0.2) is 11.0 Å². The van der Waals surface area contributed by atoms with Crippen LogP contribution in [0, 0.1) is 5.82 Å². The van der Waals surface area contributed by atoms with Gasteiger partial charge in [0.25, 0.3) is 5.91 Å². The van der Waals surface area contributed by atoms with E-state index in [-0.39, 0.29) is 28.6 Å². The van der Waals surface area contributed by atoms with E-state index in [1.54, 1.807) is 34.9 Å². The lowest BCUT2D eigenvalue weighted by molar-refractivity contribution is -0.137. The molecule has 0 bridgehead atoms. The number of carbonyl (C=O) groups is 2. The fourth-order valence-electron chi connectivity index (χ4n) is 3.35. The van der Waals surface area contributed by atoms with Crippen LogP contribution in [0.25, 0.3) is 5.69 Å². The molecule has 0 radical (unpaired) electrons. The minimum absolute atomic E-state index is 0.0415.